The van der Waals surface area contributed by atoms with Gasteiger partial charge in [-0.2, -0.15) is 0 Å². The predicted octanol–water partition coefficient (Wildman–Crippen LogP) is 5.34. The van der Waals surface area contributed by atoms with Crippen LogP contribution in [0.5, 0.6) is 0 Å². The molecule has 0 saturated carbocycles. The van der Waals surface area contributed by atoms with Crippen LogP contribution in [0.25, 0.3) is 0 Å². The van der Waals surface area contributed by atoms with Gasteiger partial charge in [-0.3, -0.25) is 0 Å². The minimum atomic E-state index is -0.258. The van der Waals surface area contributed by atoms with Crippen molar-refractivity contribution in [1.82, 2.24) is 9.80 Å². The number of unbranched alkanes of at least 4 members (excludes halogenated alkanes) is 5. The van der Waals surface area contributed by atoms with Crippen molar-refractivity contribution in [1.29, 1.82) is 0 Å². The first-order valence-electron chi connectivity index (χ1n) is 11.9. The van der Waals surface area contributed by atoms with Crippen LogP contribution in [0.1, 0.15) is 65.2 Å². The quantitative estimate of drug-likeness (QED) is 0.171. The van der Waals surface area contributed by atoms with Crippen LogP contribution in [0.3, 0.4) is 0 Å². The molecule has 0 unspecified atom stereocenters. The molecule has 32 heavy (non-hydrogen) atoms. The molecular formula is C24H44N2O6. The van der Waals surface area contributed by atoms with Gasteiger partial charge < -0.3 is 28.7 Å². The van der Waals surface area contributed by atoms with Crippen LogP contribution >= 0.6 is 0 Å². The van der Waals surface area contributed by atoms with Crippen molar-refractivity contribution >= 4 is 12.2 Å². The van der Waals surface area contributed by atoms with Gasteiger partial charge in [0.1, 0.15) is 0 Å². The van der Waals surface area contributed by atoms with Gasteiger partial charge in [-0.15, -0.1) is 0 Å². The number of hydrogen-bond donors (Lipinski definition) is 0. The Labute approximate surface area is 194 Å². The van der Waals surface area contributed by atoms with Crippen molar-refractivity contribution < 1.29 is 28.5 Å². The minimum Gasteiger partial charge on any atom is -0.502 e. The lowest BCUT2D eigenvalue weighted by molar-refractivity contribution is 0.102. The molecule has 0 heterocycles. The summed E-state index contributed by atoms with van der Waals surface area (Å²) in [6.45, 7) is 15.3. The second-order valence-corrected chi connectivity index (χ2v) is 7.28. The van der Waals surface area contributed by atoms with E-state index >= 15 is 0 Å². The van der Waals surface area contributed by atoms with E-state index in [2.05, 4.69) is 13.2 Å². The summed E-state index contributed by atoms with van der Waals surface area (Å²) in [5, 5.41) is 0. The van der Waals surface area contributed by atoms with Crippen LogP contribution in [0.15, 0.2) is 25.7 Å². The molecule has 0 aliphatic carbocycles. The van der Waals surface area contributed by atoms with Gasteiger partial charge in [-0.05, 0) is 52.4 Å². The number of rotatable bonds is 21. The molecule has 0 aromatic carbocycles. The van der Waals surface area contributed by atoms with Crippen LogP contribution in [-0.2, 0) is 18.9 Å². The predicted molar refractivity (Wildman–Crippen MR) is 126 cm³/mol. The Morgan fingerprint density at radius 3 is 1.28 bits per heavy atom. The molecule has 0 radical (unpaired) electrons. The summed E-state index contributed by atoms with van der Waals surface area (Å²) in [5.41, 5.74) is 0. The van der Waals surface area contributed by atoms with E-state index in [0.29, 0.717) is 52.6 Å². The molecule has 0 N–H and O–H groups in total. The average Bonchev–Trinajstić information content (AvgIpc) is 2.78. The van der Waals surface area contributed by atoms with Crippen LogP contribution in [0.4, 0.5) is 9.59 Å². The smallest absolute Gasteiger partial charge is 0.409 e. The van der Waals surface area contributed by atoms with Crippen molar-refractivity contribution in [3.05, 3.63) is 25.7 Å². The van der Waals surface area contributed by atoms with Crippen molar-refractivity contribution in [2.24, 2.45) is 0 Å². The van der Waals surface area contributed by atoms with Gasteiger partial charge >= 0.3 is 12.2 Å². The number of ether oxygens (including phenoxy) is 4. The molecule has 0 aromatic heterocycles. The molecule has 0 saturated heterocycles. The molecule has 8 heteroatoms. The maximum absolute atomic E-state index is 12.2. The first kappa shape index (κ1) is 29.6. The zero-order valence-corrected chi connectivity index (χ0v) is 20.2. The summed E-state index contributed by atoms with van der Waals surface area (Å²) >= 11 is 0. The van der Waals surface area contributed by atoms with Crippen LogP contribution in [0, 0.1) is 0 Å². The maximum atomic E-state index is 12.2. The summed E-state index contributed by atoms with van der Waals surface area (Å²) in [4.78, 5) is 27.9. The molecule has 0 atom stereocenters. The number of carbonyl (C=O) groups is 2. The summed E-state index contributed by atoms with van der Waals surface area (Å²) in [6, 6.07) is 0. The normalized spacial score (nSPS) is 10.2. The van der Waals surface area contributed by atoms with E-state index in [1.165, 1.54) is 12.5 Å². The first-order valence-corrected chi connectivity index (χ1v) is 11.9. The van der Waals surface area contributed by atoms with E-state index in [9.17, 15) is 9.59 Å². The molecule has 8 nitrogen and oxygen atoms in total. The summed E-state index contributed by atoms with van der Waals surface area (Å²) in [7, 11) is 0. The molecule has 0 rings (SSSR count). The Morgan fingerprint density at radius 1 is 0.625 bits per heavy atom. The van der Waals surface area contributed by atoms with Crippen LogP contribution < -0.4 is 0 Å². The molecule has 2 amide bonds. The zero-order valence-electron chi connectivity index (χ0n) is 20.2. The van der Waals surface area contributed by atoms with E-state index < -0.39 is 0 Å². The standard InChI is InChI=1S/C24H44N2O6/c1-5-29-21-15-13-19-25(23(27)31-7-3)17-11-9-10-12-18-26(24(28)32-8-4)20-14-16-22-30-6-2/h5-6H,1-2,7-22H2,3-4H3. The minimum absolute atomic E-state index is 0.258. The van der Waals surface area contributed by atoms with Gasteiger partial charge in [0.2, 0.25) is 0 Å². The lowest BCUT2D eigenvalue weighted by Crippen LogP contribution is -2.34. The van der Waals surface area contributed by atoms with Gasteiger partial charge in [0.05, 0.1) is 39.0 Å². The van der Waals surface area contributed by atoms with Crippen LogP contribution in [-0.4, -0.2) is 74.6 Å². The van der Waals surface area contributed by atoms with E-state index in [0.717, 1.165) is 51.4 Å². The van der Waals surface area contributed by atoms with Crippen LogP contribution in [0.2, 0.25) is 0 Å². The third-order valence-electron chi connectivity index (χ3n) is 4.77. The zero-order chi connectivity index (χ0) is 23.9. The van der Waals surface area contributed by atoms with E-state index in [-0.39, 0.29) is 12.2 Å². The van der Waals surface area contributed by atoms with E-state index in [1.807, 2.05) is 13.8 Å². The highest BCUT2D eigenvalue weighted by Crippen LogP contribution is 2.08. The average molecular weight is 457 g/mol. The van der Waals surface area contributed by atoms with Crippen molar-refractivity contribution in [3.63, 3.8) is 0 Å². The Hall–Kier alpha value is -2.38. The second-order valence-electron chi connectivity index (χ2n) is 7.28. The summed E-state index contributed by atoms with van der Waals surface area (Å²) < 4.78 is 20.6. The summed E-state index contributed by atoms with van der Waals surface area (Å²) in [6.07, 6.45) is 9.58. The SMILES string of the molecule is C=COCCCCN(CCCCCCN(CCCCOC=C)C(=O)OCC)C(=O)OCC. The maximum Gasteiger partial charge on any atom is 0.409 e. The molecule has 0 aromatic rings. The molecule has 0 fully saturated rings. The summed E-state index contributed by atoms with van der Waals surface area (Å²) in [5.74, 6) is 0. The fourth-order valence-electron chi connectivity index (χ4n) is 3.12. The lowest BCUT2D eigenvalue weighted by Gasteiger charge is -2.23. The van der Waals surface area contributed by atoms with E-state index in [4.69, 9.17) is 18.9 Å². The third-order valence-corrected chi connectivity index (χ3v) is 4.77. The first-order chi connectivity index (χ1) is 15.6. The van der Waals surface area contributed by atoms with Gasteiger partial charge in [0, 0.05) is 26.2 Å². The lowest BCUT2D eigenvalue weighted by atomic mass is 10.1. The molecule has 0 spiro atoms. The molecule has 0 bridgehead atoms. The Bertz CT molecular complexity index is 457. The van der Waals surface area contributed by atoms with Crippen molar-refractivity contribution in [3.8, 4) is 0 Å². The second kappa shape index (κ2) is 21.8. The van der Waals surface area contributed by atoms with Crippen molar-refractivity contribution in [2.45, 2.75) is 65.2 Å². The topological polar surface area (TPSA) is 77.5 Å². The number of carbonyl (C=O) groups excluding carboxylic acids is 2. The Balaban J connectivity index is 4.22. The van der Waals surface area contributed by atoms with Gasteiger partial charge in [-0.25, -0.2) is 9.59 Å². The highest BCUT2D eigenvalue weighted by atomic mass is 16.6. The highest BCUT2D eigenvalue weighted by Gasteiger charge is 2.15. The van der Waals surface area contributed by atoms with Gasteiger partial charge in [0.25, 0.3) is 0 Å². The van der Waals surface area contributed by atoms with Gasteiger partial charge in [0.15, 0.2) is 0 Å². The highest BCUT2D eigenvalue weighted by molar-refractivity contribution is 5.67. The number of nitrogens with zero attached hydrogens (tertiary/aromatic N) is 2. The molecule has 0 aliphatic heterocycles. The molecule has 0 aliphatic rings. The number of hydrogen-bond acceptors (Lipinski definition) is 6. The van der Waals surface area contributed by atoms with E-state index in [1.54, 1.807) is 9.80 Å². The Kier molecular flexibility index (Phi) is 20.2. The number of amides is 2. The molecular weight excluding hydrogens is 412 g/mol. The van der Waals surface area contributed by atoms with Crippen molar-refractivity contribution in [2.75, 3.05) is 52.6 Å². The fourth-order valence-corrected chi connectivity index (χ4v) is 3.12. The monoisotopic (exact) mass is 456 g/mol. The van der Waals surface area contributed by atoms with Gasteiger partial charge in [-0.1, -0.05) is 26.0 Å². The fraction of sp³-hybridized carbons (Fsp3) is 0.750. The molecule has 186 valence electrons. The Morgan fingerprint density at radius 2 is 0.969 bits per heavy atom. The largest absolute Gasteiger partial charge is 0.502 e. The third kappa shape index (κ3) is 16.3.